The number of anilines is 1. The number of amides is 3. The lowest BCUT2D eigenvalue weighted by atomic mass is 10.1. The zero-order valence-electron chi connectivity index (χ0n) is 31.7. The van der Waals surface area contributed by atoms with Crippen molar-refractivity contribution < 1.29 is 48.0 Å². The van der Waals surface area contributed by atoms with Gasteiger partial charge in [-0.1, -0.05) is 6.92 Å². The van der Waals surface area contributed by atoms with Gasteiger partial charge in [-0.05, 0) is 82.1 Å². The lowest BCUT2D eigenvalue weighted by molar-refractivity contribution is -0.144. The highest BCUT2D eigenvalue weighted by Gasteiger charge is 2.36. The Hall–Kier alpha value is -3.95. The Kier molecular flexibility index (Phi) is 15.0. The summed E-state index contributed by atoms with van der Waals surface area (Å²) >= 11 is 0. The Morgan fingerprint density at radius 3 is 1.92 bits per heavy atom. The highest BCUT2D eigenvalue weighted by atomic mass is 16.6. The maximum atomic E-state index is 13.7. The summed E-state index contributed by atoms with van der Waals surface area (Å²) in [5, 5.41) is 9.84. The number of fused-ring (bicyclic) bond motifs is 1. The molecule has 2 aromatic rings. The molecule has 0 bridgehead atoms. The van der Waals surface area contributed by atoms with Crippen molar-refractivity contribution in [2.75, 3.05) is 51.0 Å². The molecule has 280 valence electrons. The molecule has 3 amide bonds. The smallest absolute Gasteiger partial charge is 0.425 e. The van der Waals surface area contributed by atoms with E-state index in [-0.39, 0.29) is 47.8 Å². The van der Waals surface area contributed by atoms with E-state index in [1.807, 2.05) is 27.7 Å². The van der Waals surface area contributed by atoms with E-state index < -0.39 is 41.8 Å². The molecule has 1 atom stereocenters. The van der Waals surface area contributed by atoms with Gasteiger partial charge in [-0.2, -0.15) is 4.90 Å². The summed E-state index contributed by atoms with van der Waals surface area (Å²) in [5.41, 5.74) is -1.13. The summed E-state index contributed by atoms with van der Waals surface area (Å²) in [6, 6.07) is 0. The Morgan fingerprint density at radius 1 is 0.820 bits per heavy atom. The fraction of sp³-hybridized carbons (Fsp3) is 0.686. The zero-order valence-corrected chi connectivity index (χ0v) is 31.7. The second kappa shape index (κ2) is 17.8. The van der Waals surface area contributed by atoms with Gasteiger partial charge < -0.3 is 33.7 Å². The van der Waals surface area contributed by atoms with Crippen molar-refractivity contribution in [2.45, 2.75) is 106 Å². The van der Waals surface area contributed by atoms with Gasteiger partial charge in [-0.25, -0.2) is 24.5 Å². The SMILES string of the molecule is Cc1nc(C)c2c(N(C(=O)OC(C)(C)C)C(=O)OC(C)(C)C)ncc(CC(=O)N(CC(=O)O)C[C@@H](C)COCCOCCOC(C)(C)C)c2n1. The van der Waals surface area contributed by atoms with Crippen molar-refractivity contribution in [3.05, 3.63) is 23.3 Å². The zero-order chi connectivity index (χ0) is 38.0. The lowest BCUT2D eigenvalue weighted by Crippen LogP contribution is -2.44. The molecule has 0 aliphatic heterocycles. The third kappa shape index (κ3) is 14.5. The third-order valence-electron chi connectivity index (χ3n) is 6.53. The third-order valence-corrected chi connectivity index (χ3v) is 6.53. The van der Waals surface area contributed by atoms with Crippen LogP contribution in [0.4, 0.5) is 15.4 Å². The molecule has 0 saturated carbocycles. The van der Waals surface area contributed by atoms with Crippen molar-refractivity contribution in [2.24, 2.45) is 5.92 Å². The largest absolute Gasteiger partial charge is 0.480 e. The van der Waals surface area contributed by atoms with Crippen LogP contribution in [0, 0.1) is 19.8 Å². The number of carbonyl (C=O) groups excluding carboxylic acids is 3. The summed E-state index contributed by atoms with van der Waals surface area (Å²) < 4.78 is 27.9. The van der Waals surface area contributed by atoms with E-state index in [0.29, 0.717) is 48.4 Å². The van der Waals surface area contributed by atoms with Gasteiger partial charge in [0.05, 0.1) is 61.7 Å². The van der Waals surface area contributed by atoms with Crippen LogP contribution in [0.1, 0.15) is 86.3 Å². The number of imide groups is 1. The number of hydrogen-bond donors (Lipinski definition) is 1. The quantitative estimate of drug-likeness (QED) is 0.237. The number of hydrogen-bond acceptors (Lipinski definition) is 12. The fourth-order valence-corrected chi connectivity index (χ4v) is 4.67. The van der Waals surface area contributed by atoms with E-state index in [0.717, 1.165) is 0 Å². The number of carbonyl (C=O) groups is 4. The average Bonchev–Trinajstić information content (AvgIpc) is 2.92. The number of carboxylic acids is 1. The maximum absolute atomic E-state index is 13.7. The van der Waals surface area contributed by atoms with Crippen LogP contribution in [0.25, 0.3) is 10.9 Å². The summed E-state index contributed by atoms with van der Waals surface area (Å²) in [6.07, 6.45) is -0.964. The lowest BCUT2D eigenvalue weighted by Gasteiger charge is -2.29. The van der Waals surface area contributed by atoms with Crippen molar-refractivity contribution in [3.8, 4) is 0 Å². The highest BCUT2D eigenvalue weighted by molar-refractivity contribution is 6.14. The predicted molar refractivity (Wildman–Crippen MR) is 186 cm³/mol. The topological polar surface area (TPSA) is 180 Å². The highest BCUT2D eigenvalue weighted by Crippen LogP contribution is 2.31. The van der Waals surface area contributed by atoms with Crippen LogP contribution in [0.15, 0.2) is 6.20 Å². The molecule has 0 aliphatic carbocycles. The van der Waals surface area contributed by atoms with Gasteiger partial charge in [-0.3, -0.25) is 9.59 Å². The number of aryl methyl sites for hydroxylation is 2. The van der Waals surface area contributed by atoms with E-state index in [1.165, 1.54) is 11.1 Å². The molecular weight excluding hydrogens is 650 g/mol. The average molecular weight is 706 g/mol. The minimum absolute atomic E-state index is 0.118. The molecule has 0 fully saturated rings. The van der Waals surface area contributed by atoms with Crippen LogP contribution in [-0.2, 0) is 39.7 Å². The van der Waals surface area contributed by atoms with Crippen molar-refractivity contribution in [3.63, 3.8) is 0 Å². The minimum Gasteiger partial charge on any atom is -0.480 e. The van der Waals surface area contributed by atoms with Crippen LogP contribution in [-0.4, -0.2) is 112 Å². The second-order valence-corrected chi connectivity index (χ2v) is 15.1. The van der Waals surface area contributed by atoms with Gasteiger partial charge in [0.25, 0.3) is 0 Å². The van der Waals surface area contributed by atoms with Gasteiger partial charge in [0.1, 0.15) is 23.6 Å². The van der Waals surface area contributed by atoms with Gasteiger partial charge >= 0.3 is 18.2 Å². The number of ether oxygens (including phenoxy) is 5. The van der Waals surface area contributed by atoms with Crippen molar-refractivity contribution in [1.29, 1.82) is 0 Å². The van der Waals surface area contributed by atoms with E-state index >= 15 is 0 Å². The van der Waals surface area contributed by atoms with E-state index in [4.69, 9.17) is 23.7 Å². The molecule has 15 nitrogen and oxygen atoms in total. The summed E-state index contributed by atoms with van der Waals surface area (Å²) in [4.78, 5) is 67.7. The summed E-state index contributed by atoms with van der Waals surface area (Å²) in [6.45, 7) is 22.5. The second-order valence-electron chi connectivity index (χ2n) is 15.1. The van der Waals surface area contributed by atoms with Crippen LogP contribution < -0.4 is 4.90 Å². The first-order chi connectivity index (χ1) is 23.0. The van der Waals surface area contributed by atoms with Gasteiger partial charge in [0.15, 0.2) is 5.82 Å². The van der Waals surface area contributed by atoms with E-state index in [1.54, 1.807) is 55.4 Å². The number of carboxylic acid groups (broad SMARTS) is 1. The molecule has 50 heavy (non-hydrogen) atoms. The molecule has 0 aromatic carbocycles. The van der Waals surface area contributed by atoms with Crippen molar-refractivity contribution in [1.82, 2.24) is 19.9 Å². The monoisotopic (exact) mass is 705 g/mol. The molecular formula is C35H55N5O10. The minimum atomic E-state index is -1.17. The van der Waals surface area contributed by atoms with Crippen LogP contribution in [0.3, 0.4) is 0 Å². The normalized spacial score (nSPS) is 12.8. The number of pyridine rings is 1. The first-order valence-electron chi connectivity index (χ1n) is 16.7. The predicted octanol–water partition coefficient (Wildman–Crippen LogP) is 5.26. The van der Waals surface area contributed by atoms with Crippen LogP contribution in [0.5, 0.6) is 0 Å². The molecule has 0 spiro atoms. The molecule has 0 radical (unpaired) electrons. The molecule has 0 aliphatic rings. The van der Waals surface area contributed by atoms with E-state index in [2.05, 4.69) is 15.0 Å². The summed E-state index contributed by atoms with van der Waals surface area (Å²) in [5.74, 6) is -1.60. The van der Waals surface area contributed by atoms with Crippen molar-refractivity contribution >= 4 is 40.8 Å². The van der Waals surface area contributed by atoms with Gasteiger partial charge in [0, 0.05) is 18.3 Å². The molecule has 0 saturated heterocycles. The Bertz CT molecular complexity index is 1470. The Morgan fingerprint density at radius 2 is 1.38 bits per heavy atom. The maximum Gasteiger partial charge on any atom is 0.425 e. The molecule has 2 rings (SSSR count). The Balaban J connectivity index is 2.32. The fourth-order valence-electron chi connectivity index (χ4n) is 4.67. The standard InChI is InChI=1S/C35H55N5O10/c1-22(21-47-14-13-46-15-16-48-33(4,5)6)19-39(20-27(42)43)26(41)17-25-18-36-30(28-23(2)37-24(3)38-29(25)28)40(31(44)49-34(7,8)9)32(45)50-35(10,11)12/h18,22H,13-17,19-21H2,1-12H3,(H,42,43)/t22-/m1/s1. The van der Waals surface area contributed by atoms with Gasteiger partial charge in [0.2, 0.25) is 5.91 Å². The number of aromatic nitrogens is 3. The number of rotatable bonds is 15. The molecule has 15 heteroatoms. The first-order valence-corrected chi connectivity index (χ1v) is 16.7. The number of nitrogens with zero attached hydrogens (tertiary/aromatic N) is 5. The molecule has 0 unspecified atom stereocenters. The molecule has 2 heterocycles. The summed E-state index contributed by atoms with van der Waals surface area (Å²) in [7, 11) is 0. The van der Waals surface area contributed by atoms with Crippen LogP contribution >= 0.6 is 0 Å². The molecule has 2 aromatic heterocycles. The van der Waals surface area contributed by atoms with Gasteiger partial charge in [-0.15, -0.1) is 0 Å². The first kappa shape index (κ1) is 42.2. The van der Waals surface area contributed by atoms with E-state index in [9.17, 15) is 24.3 Å². The molecule has 1 N–H and O–H groups in total. The Labute approximate surface area is 295 Å². The number of aliphatic carboxylic acids is 1. The van der Waals surface area contributed by atoms with Crippen LogP contribution in [0.2, 0.25) is 0 Å².